The third-order valence-electron chi connectivity index (χ3n) is 3.26. The minimum Gasteiger partial charge on any atom is -0.482 e. The van der Waals surface area contributed by atoms with E-state index in [0.29, 0.717) is 28.6 Å². The first kappa shape index (κ1) is 14.4. The van der Waals surface area contributed by atoms with E-state index in [9.17, 15) is 9.59 Å². The summed E-state index contributed by atoms with van der Waals surface area (Å²) in [6, 6.07) is 12.3. The van der Waals surface area contributed by atoms with Gasteiger partial charge in [0, 0.05) is 11.6 Å². The monoisotopic (exact) mass is 316 g/mol. The first-order valence-corrected chi connectivity index (χ1v) is 7.09. The van der Waals surface area contributed by atoms with Gasteiger partial charge < -0.3 is 15.4 Å². The van der Waals surface area contributed by atoms with Gasteiger partial charge in [0.2, 0.25) is 0 Å². The molecular formula is C16H13ClN2O3. The third kappa shape index (κ3) is 3.04. The summed E-state index contributed by atoms with van der Waals surface area (Å²) in [5.41, 5.74) is 1.72. The van der Waals surface area contributed by atoms with E-state index in [0.717, 1.165) is 5.56 Å². The molecule has 2 N–H and O–H groups in total. The molecule has 0 aliphatic carbocycles. The van der Waals surface area contributed by atoms with Crippen LogP contribution < -0.4 is 15.4 Å². The zero-order valence-electron chi connectivity index (χ0n) is 11.6. The van der Waals surface area contributed by atoms with E-state index < -0.39 is 0 Å². The number of ether oxygens (including phenoxy) is 1. The van der Waals surface area contributed by atoms with Gasteiger partial charge in [-0.25, -0.2) is 0 Å². The second-order valence-corrected chi connectivity index (χ2v) is 5.26. The van der Waals surface area contributed by atoms with Crippen LogP contribution >= 0.6 is 11.6 Å². The van der Waals surface area contributed by atoms with Gasteiger partial charge in [0.25, 0.3) is 11.8 Å². The number of para-hydroxylation sites is 1. The van der Waals surface area contributed by atoms with Crippen LogP contribution in [0, 0.1) is 0 Å². The fourth-order valence-corrected chi connectivity index (χ4v) is 2.29. The summed E-state index contributed by atoms with van der Waals surface area (Å²) in [5.74, 6) is -0.0539. The van der Waals surface area contributed by atoms with Crippen LogP contribution in [0.3, 0.4) is 0 Å². The smallest absolute Gasteiger partial charge is 0.262 e. The van der Waals surface area contributed by atoms with E-state index in [1.807, 2.05) is 12.1 Å². The Labute approximate surface area is 132 Å². The molecule has 0 fully saturated rings. The Morgan fingerprint density at radius 1 is 1.23 bits per heavy atom. The lowest BCUT2D eigenvalue weighted by molar-refractivity contribution is -0.118. The average molecular weight is 317 g/mol. The molecule has 2 amide bonds. The van der Waals surface area contributed by atoms with Gasteiger partial charge in [-0.2, -0.15) is 0 Å². The van der Waals surface area contributed by atoms with Gasteiger partial charge >= 0.3 is 0 Å². The highest BCUT2D eigenvalue weighted by molar-refractivity contribution is 6.30. The van der Waals surface area contributed by atoms with E-state index in [-0.39, 0.29) is 18.4 Å². The van der Waals surface area contributed by atoms with Crippen molar-refractivity contribution in [1.29, 1.82) is 0 Å². The Kier molecular flexibility index (Phi) is 3.98. The van der Waals surface area contributed by atoms with Crippen LogP contribution in [0.25, 0.3) is 0 Å². The Hall–Kier alpha value is -2.53. The quantitative estimate of drug-likeness (QED) is 0.914. The van der Waals surface area contributed by atoms with E-state index >= 15 is 0 Å². The van der Waals surface area contributed by atoms with Crippen molar-refractivity contribution in [3.05, 3.63) is 58.6 Å². The molecule has 0 bridgehead atoms. The minimum absolute atomic E-state index is 0.0388. The number of anilines is 1. The second-order valence-electron chi connectivity index (χ2n) is 4.82. The summed E-state index contributed by atoms with van der Waals surface area (Å²) >= 11 is 5.82. The van der Waals surface area contributed by atoms with Crippen molar-refractivity contribution in [2.24, 2.45) is 0 Å². The minimum atomic E-state index is -0.280. The van der Waals surface area contributed by atoms with E-state index in [1.165, 1.54) is 0 Å². The fourth-order valence-electron chi connectivity index (χ4n) is 2.17. The van der Waals surface area contributed by atoms with Gasteiger partial charge in [-0.15, -0.1) is 0 Å². The maximum absolute atomic E-state index is 12.3. The summed E-state index contributed by atoms with van der Waals surface area (Å²) in [6.07, 6.45) is 0. The van der Waals surface area contributed by atoms with Gasteiger partial charge in [-0.05, 0) is 29.8 Å². The Morgan fingerprint density at radius 2 is 2.00 bits per heavy atom. The van der Waals surface area contributed by atoms with E-state index in [1.54, 1.807) is 30.3 Å². The van der Waals surface area contributed by atoms with Crippen LogP contribution in [0.1, 0.15) is 15.9 Å². The van der Waals surface area contributed by atoms with Crippen LogP contribution in [0.4, 0.5) is 5.69 Å². The molecule has 3 rings (SSSR count). The summed E-state index contributed by atoms with van der Waals surface area (Å²) in [5, 5.41) is 6.13. The largest absolute Gasteiger partial charge is 0.482 e. The molecule has 0 spiro atoms. The number of benzene rings is 2. The third-order valence-corrected chi connectivity index (χ3v) is 3.51. The molecule has 2 aromatic carbocycles. The van der Waals surface area contributed by atoms with Gasteiger partial charge in [0.15, 0.2) is 6.61 Å². The number of amides is 2. The first-order chi connectivity index (χ1) is 10.6. The topological polar surface area (TPSA) is 67.4 Å². The zero-order chi connectivity index (χ0) is 15.5. The van der Waals surface area contributed by atoms with Crippen molar-refractivity contribution in [1.82, 2.24) is 5.32 Å². The van der Waals surface area contributed by atoms with Crippen molar-refractivity contribution < 1.29 is 14.3 Å². The molecule has 1 aliphatic rings. The lowest BCUT2D eigenvalue weighted by Crippen LogP contribution is -2.29. The Morgan fingerprint density at radius 3 is 2.77 bits per heavy atom. The molecule has 6 heteroatoms. The predicted octanol–water partition coefficient (Wildman–Crippen LogP) is 2.60. The number of carbonyl (C=O) groups excluding carboxylic acids is 2. The van der Waals surface area contributed by atoms with Crippen LogP contribution in [0.2, 0.25) is 5.02 Å². The number of hydrogen-bond donors (Lipinski definition) is 2. The highest BCUT2D eigenvalue weighted by atomic mass is 35.5. The number of hydrogen-bond acceptors (Lipinski definition) is 3. The van der Waals surface area contributed by atoms with Crippen molar-refractivity contribution in [2.75, 3.05) is 11.9 Å². The lowest BCUT2D eigenvalue weighted by atomic mass is 10.1. The molecule has 2 aromatic rings. The van der Waals surface area contributed by atoms with Gasteiger partial charge in [0.05, 0.1) is 11.3 Å². The Balaban J connectivity index is 1.75. The van der Waals surface area contributed by atoms with Crippen LogP contribution in [-0.4, -0.2) is 18.4 Å². The lowest BCUT2D eigenvalue weighted by Gasteiger charge is -2.20. The SMILES string of the molecule is O=C1COc2cccc(C(=O)NCc3ccc(Cl)cc3)c2N1. The molecule has 112 valence electrons. The number of rotatable bonds is 3. The summed E-state index contributed by atoms with van der Waals surface area (Å²) < 4.78 is 5.30. The van der Waals surface area contributed by atoms with E-state index in [4.69, 9.17) is 16.3 Å². The van der Waals surface area contributed by atoms with Crippen molar-refractivity contribution in [3.63, 3.8) is 0 Å². The molecule has 0 radical (unpaired) electrons. The van der Waals surface area contributed by atoms with Crippen molar-refractivity contribution in [3.8, 4) is 5.75 Å². The molecule has 0 saturated carbocycles. The van der Waals surface area contributed by atoms with Crippen molar-refractivity contribution in [2.45, 2.75) is 6.54 Å². The summed E-state index contributed by atoms with van der Waals surface area (Å²) in [6.45, 7) is 0.331. The van der Waals surface area contributed by atoms with E-state index in [2.05, 4.69) is 10.6 Å². The molecule has 0 saturated heterocycles. The normalized spacial score (nSPS) is 12.9. The molecule has 22 heavy (non-hydrogen) atoms. The maximum atomic E-state index is 12.3. The number of nitrogens with one attached hydrogen (secondary N) is 2. The molecule has 0 unspecified atom stereocenters. The molecule has 0 aromatic heterocycles. The number of fused-ring (bicyclic) bond motifs is 1. The summed E-state index contributed by atoms with van der Waals surface area (Å²) in [7, 11) is 0. The van der Waals surface area contributed by atoms with Gasteiger partial charge in [0.1, 0.15) is 5.75 Å². The molecule has 1 aliphatic heterocycles. The van der Waals surface area contributed by atoms with Crippen molar-refractivity contribution >= 4 is 29.1 Å². The summed E-state index contributed by atoms with van der Waals surface area (Å²) in [4.78, 5) is 23.8. The average Bonchev–Trinajstić information content (AvgIpc) is 2.53. The van der Waals surface area contributed by atoms with Crippen LogP contribution in [0.15, 0.2) is 42.5 Å². The molecule has 0 atom stereocenters. The molecule has 1 heterocycles. The highest BCUT2D eigenvalue weighted by Crippen LogP contribution is 2.31. The number of carbonyl (C=O) groups is 2. The highest BCUT2D eigenvalue weighted by Gasteiger charge is 2.22. The van der Waals surface area contributed by atoms with Crippen LogP contribution in [0.5, 0.6) is 5.75 Å². The second kappa shape index (κ2) is 6.07. The fraction of sp³-hybridized carbons (Fsp3) is 0.125. The van der Waals surface area contributed by atoms with Crippen LogP contribution in [-0.2, 0) is 11.3 Å². The molecular weight excluding hydrogens is 304 g/mol. The Bertz CT molecular complexity index is 729. The van der Waals surface area contributed by atoms with Gasteiger partial charge in [-0.3, -0.25) is 9.59 Å². The zero-order valence-corrected chi connectivity index (χ0v) is 12.3. The predicted molar refractivity (Wildman–Crippen MR) is 83.2 cm³/mol. The maximum Gasteiger partial charge on any atom is 0.262 e. The standard InChI is InChI=1S/C16H13ClN2O3/c17-11-6-4-10(5-7-11)8-18-16(21)12-2-1-3-13-15(12)19-14(20)9-22-13/h1-7H,8-9H2,(H,18,21)(H,19,20). The molecule has 5 nitrogen and oxygen atoms in total. The van der Waals surface area contributed by atoms with Gasteiger partial charge in [-0.1, -0.05) is 29.8 Å². The number of halogens is 1. The first-order valence-electron chi connectivity index (χ1n) is 6.72.